The molecule has 0 aromatic carbocycles. The van der Waals surface area contributed by atoms with Gasteiger partial charge in [-0.25, -0.2) is 4.98 Å². The first-order valence-corrected chi connectivity index (χ1v) is 9.17. The zero-order valence-electron chi connectivity index (χ0n) is 14.2. The predicted octanol–water partition coefficient (Wildman–Crippen LogP) is 2.17. The van der Waals surface area contributed by atoms with Crippen molar-refractivity contribution in [3.05, 3.63) is 17.7 Å². The van der Waals surface area contributed by atoms with E-state index in [9.17, 15) is 0 Å². The molecular formula is C18H29N3O2. The van der Waals surface area contributed by atoms with Crippen molar-refractivity contribution < 1.29 is 9.47 Å². The topological polar surface area (TPSA) is 39.5 Å². The molecule has 1 saturated heterocycles. The largest absolute Gasteiger partial charge is 0.381 e. The van der Waals surface area contributed by atoms with Crippen LogP contribution in [0, 0.1) is 11.8 Å². The summed E-state index contributed by atoms with van der Waals surface area (Å²) in [7, 11) is 2.12. The molecule has 5 heteroatoms. The Morgan fingerprint density at radius 1 is 1.17 bits per heavy atom. The third kappa shape index (κ3) is 3.78. The average Bonchev–Trinajstić information content (AvgIpc) is 3.30. The summed E-state index contributed by atoms with van der Waals surface area (Å²) in [5.41, 5.74) is 2.66. The van der Waals surface area contributed by atoms with Crippen molar-refractivity contribution in [3.8, 4) is 0 Å². The van der Waals surface area contributed by atoms with E-state index in [1.165, 1.54) is 30.8 Å². The lowest BCUT2D eigenvalue weighted by Gasteiger charge is -2.33. The number of fused-ring (bicyclic) bond motifs is 1. The highest BCUT2D eigenvalue weighted by Crippen LogP contribution is 2.34. The molecule has 3 heterocycles. The minimum Gasteiger partial charge on any atom is -0.381 e. The smallest absolute Gasteiger partial charge is 0.0949 e. The van der Waals surface area contributed by atoms with Crippen molar-refractivity contribution in [2.75, 3.05) is 39.5 Å². The number of hydrogen-bond donors (Lipinski definition) is 0. The fourth-order valence-corrected chi connectivity index (χ4v) is 4.03. The van der Waals surface area contributed by atoms with Gasteiger partial charge < -0.3 is 14.0 Å². The molecule has 23 heavy (non-hydrogen) atoms. The van der Waals surface area contributed by atoms with Crippen LogP contribution in [0.4, 0.5) is 0 Å². The number of hydrogen-bond acceptors (Lipinski definition) is 4. The van der Waals surface area contributed by atoms with Crippen LogP contribution in [0.5, 0.6) is 0 Å². The van der Waals surface area contributed by atoms with E-state index in [0.717, 1.165) is 58.3 Å². The second-order valence-electron chi connectivity index (χ2n) is 7.61. The maximum absolute atomic E-state index is 6.14. The van der Waals surface area contributed by atoms with Gasteiger partial charge in [0.25, 0.3) is 0 Å². The highest BCUT2D eigenvalue weighted by molar-refractivity contribution is 5.22. The van der Waals surface area contributed by atoms with Crippen molar-refractivity contribution in [3.63, 3.8) is 0 Å². The van der Waals surface area contributed by atoms with Crippen LogP contribution in [0.3, 0.4) is 0 Å². The Morgan fingerprint density at radius 3 is 2.78 bits per heavy atom. The summed E-state index contributed by atoms with van der Waals surface area (Å²) in [5.74, 6) is 2.08. The van der Waals surface area contributed by atoms with E-state index in [0.29, 0.717) is 11.8 Å². The molecule has 1 unspecified atom stereocenters. The van der Waals surface area contributed by atoms with E-state index in [4.69, 9.17) is 9.47 Å². The summed E-state index contributed by atoms with van der Waals surface area (Å²) in [6.45, 7) is 6.89. The Kier molecular flexibility index (Phi) is 4.69. The fraction of sp³-hybridized carbons (Fsp3) is 0.833. The van der Waals surface area contributed by atoms with Crippen LogP contribution in [0.15, 0.2) is 6.33 Å². The zero-order chi connectivity index (χ0) is 15.6. The van der Waals surface area contributed by atoms with Gasteiger partial charge in [0.05, 0.1) is 18.6 Å². The van der Waals surface area contributed by atoms with Gasteiger partial charge in [-0.15, -0.1) is 0 Å². The lowest BCUT2D eigenvalue weighted by molar-refractivity contribution is 0.0129. The van der Waals surface area contributed by atoms with Gasteiger partial charge in [0, 0.05) is 58.1 Å². The van der Waals surface area contributed by atoms with E-state index in [-0.39, 0.29) is 0 Å². The summed E-state index contributed by atoms with van der Waals surface area (Å²) in [6, 6.07) is 0. The molecule has 128 valence electrons. The van der Waals surface area contributed by atoms with Gasteiger partial charge >= 0.3 is 0 Å². The molecule has 1 saturated carbocycles. The molecule has 1 aromatic heterocycles. The Labute approximate surface area is 139 Å². The van der Waals surface area contributed by atoms with Gasteiger partial charge in [0.15, 0.2) is 0 Å². The summed E-state index contributed by atoms with van der Waals surface area (Å²) < 4.78 is 13.8. The molecule has 0 N–H and O–H groups in total. The normalized spacial score (nSPS) is 26.4. The first-order valence-electron chi connectivity index (χ1n) is 9.17. The molecule has 1 aliphatic carbocycles. The van der Waals surface area contributed by atoms with Gasteiger partial charge in [-0.1, -0.05) is 0 Å². The number of aryl methyl sites for hydroxylation is 1. The highest BCUT2D eigenvalue weighted by Gasteiger charge is 2.32. The lowest BCUT2D eigenvalue weighted by Crippen LogP contribution is -2.37. The van der Waals surface area contributed by atoms with Gasteiger partial charge in [-0.05, 0) is 37.5 Å². The highest BCUT2D eigenvalue weighted by atomic mass is 16.5. The second-order valence-corrected chi connectivity index (χ2v) is 7.61. The standard InChI is InChI=1S/C18H29N3O2/c1-20-13-19-17-10-21(8-14-2-3-14)9-16(18(17)20)12-23-11-15-4-6-22-7-5-15/h13-16H,2-12H2,1H3. The first kappa shape index (κ1) is 15.6. The summed E-state index contributed by atoms with van der Waals surface area (Å²) in [6.07, 6.45) is 7.09. The van der Waals surface area contributed by atoms with Crippen LogP contribution >= 0.6 is 0 Å². The Bertz CT molecular complexity index is 520. The molecule has 4 rings (SSSR count). The van der Waals surface area contributed by atoms with Crippen LogP contribution < -0.4 is 0 Å². The van der Waals surface area contributed by atoms with Gasteiger partial charge in [0.1, 0.15) is 0 Å². The predicted molar refractivity (Wildman–Crippen MR) is 88.3 cm³/mol. The number of nitrogens with zero attached hydrogens (tertiary/aromatic N) is 3. The Morgan fingerprint density at radius 2 is 2.00 bits per heavy atom. The monoisotopic (exact) mass is 319 g/mol. The molecule has 2 fully saturated rings. The summed E-state index contributed by atoms with van der Waals surface area (Å²) >= 11 is 0. The second kappa shape index (κ2) is 6.91. The van der Waals surface area contributed by atoms with Crippen molar-refractivity contribution in [1.82, 2.24) is 14.5 Å². The van der Waals surface area contributed by atoms with Crippen molar-refractivity contribution in [2.24, 2.45) is 18.9 Å². The Hall–Kier alpha value is -0.910. The van der Waals surface area contributed by atoms with E-state index >= 15 is 0 Å². The number of ether oxygens (including phenoxy) is 2. The summed E-state index contributed by atoms with van der Waals surface area (Å²) in [5, 5.41) is 0. The number of imidazole rings is 1. The Balaban J connectivity index is 1.35. The molecule has 0 spiro atoms. The van der Waals surface area contributed by atoms with Crippen LogP contribution in [0.1, 0.15) is 43.0 Å². The minimum atomic E-state index is 0.463. The zero-order valence-corrected chi connectivity index (χ0v) is 14.2. The fourth-order valence-electron chi connectivity index (χ4n) is 4.03. The third-order valence-corrected chi connectivity index (χ3v) is 5.53. The molecule has 2 aliphatic heterocycles. The van der Waals surface area contributed by atoms with Crippen molar-refractivity contribution >= 4 is 0 Å². The van der Waals surface area contributed by atoms with E-state index in [1.54, 1.807) is 0 Å². The molecule has 0 bridgehead atoms. The molecule has 0 radical (unpaired) electrons. The van der Waals surface area contributed by atoms with Gasteiger partial charge in [-0.2, -0.15) is 0 Å². The quantitative estimate of drug-likeness (QED) is 0.806. The molecule has 0 amide bonds. The molecule has 1 atom stereocenters. The maximum atomic E-state index is 6.14. The maximum Gasteiger partial charge on any atom is 0.0949 e. The molecular weight excluding hydrogens is 290 g/mol. The van der Waals surface area contributed by atoms with Crippen LogP contribution in [0.2, 0.25) is 0 Å². The van der Waals surface area contributed by atoms with Crippen LogP contribution in [-0.4, -0.2) is 54.0 Å². The van der Waals surface area contributed by atoms with Crippen molar-refractivity contribution in [2.45, 2.75) is 38.1 Å². The minimum absolute atomic E-state index is 0.463. The third-order valence-electron chi connectivity index (χ3n) is 5.53. The number of aromatic nitrogens is 2. The average molecular weight is 319 g/mol. The van der Waals surface area contributed by atoms with E-state index in [2.05, 4.69) is 21.5 Å². The summed E-state index contributed by atoms with van der Waals surface area (Å²) in [4.78, 5) is 7.22. The molecule has 1 aromatic rings. The SMILES string of the molecule is Cn1cnc2c1C(COCC1CCOCC1)CN(CC1CC1)C2. The first-order chi connectivity index (χ1) is 11.3. The molecule has 3 aliphatic rings. The van der Waals surface area contributed by atoms with E-state index in [1.807, 2.05) is 6.33 Å². The number of rotatable bonds is 6. The van der Waals surface area contributed by atoms with Gasteiger partial charge in [0.2, 0.25) is 0 Å². The van der Waals surface area contributed by atoms with Crippen LogP contribution in [-0.2, 0) is 23.1 Å². The molecule has 5 nitrogen and oxygen atoms in total. The lowest BCUT2D eigenvalue weighted by atomic mass is 9.98. The van der Waals surface area contributed by atoms with E-state index < -0.39 is 0 Å². The van der Waals surface area contributed by atoms with Crippen molar-refractivity contribution in [1.29, 1.82) is 0 Å². The van der Waals surface area contributed by atoms with Crippen LogP contribution in [0.25, 0.3) is 0 Å². The van der Waals surface area contributed by atoms with Gasteiger partial charge in [-0.3, -0.25) is 4.90 Å².